The number of ether oxygens (including phenoxy) is 1. The molecule has 140 valence electrons. The number of nitrogens with zero attached hydrogens (tertiary/aromatic N) is 3. The van der Waals surface area contributed by atoms with Gasteiger partial charge < -0.3 is 19.5 Å². The second-order valence-electron chi connectivity index (χ2n) is 6.61. The lowest BCUT2D eigenvalue weighted by Crippen LogP contribution is -2.51. The van der Waals surface area contributed by atoms with Gasteiger partial charge in [-0.1, -0.05) is 26.0 Å². The van der Waals surface area contributed by atoms with Gasteiger partial charge in [-0.3, -0.25) is 4.79 Å². The zero-order valence-electron chi connectivity index (χ0n) is 15.8. The molecule has 0 unspecified atom stereocenters. The zero-order chi connectivity index (χ0) is 18.5. The van der Waals surface area contributed by atoms with E-state index in [0.717, 1.165) is 36.6 Å². The fourth-order valence-electron chi connectivity index (χ4n) is 3.33. The Morgan fingerprint density at radius 3 is 2.81 bits per heavy atom. The summed E-state index contributed by atoms with van der Waals surface area (Å²) in [7, 11) is 0. The summed E-state index contributed by atoms with van der Waals surface area (Å²) in [4.78, 5) is 19.4. The molecule has 26 heavy (non-hydrogen) atoms. The van der Waals surface area contributed by atoms with Gasteiger partial charge in [-0.05, 0) is 31.9 Å². The lowest BCUT2D eigenvalue weighted by Gasteiger charge is -2.36. The summed E-state index contributed by atoms with van der Waals surface area (Å²) in [6, 6.07) is 8.07. The summed E-state index contributed by atoms with van der Waals surface area (Å²) in [6.45, 7) is 8.31. The molecule has 1 atom stereocenters. The largest absolute Gasteiger partial charge is 0.477 e. The molecular weight excluding hydrogens is 328 g/mol. The number of rotatable bonds is 7. The third-order valence-electron chi connectivity index (χ3n) is 4.96. The minimum Gasteiger partial charge on any atom is -0.477 e. The lowest BCUT2D eigenvalue weighted by atomic mass is 10.1. The molecule has 2 heterocycles. The third kappa shape index (κ3) is 3.84. The number of carbonyl (C=O) groups excluding carboxylic acids is 1. The van der Waals surface area contributed by atoms with E-state index >= 15 is 0 Å². The van der Waals surface area contributed by atoms with Crippen LogP contribution < -0.4 is 15.0 Å². The molecule has 1 aliphatic heterocycles. The molecular formula is C20H28N4O2. The first-order valence-electron chi connectivity index (χ1n) is 9.47. The van der Waals surface area contributed by atoms with E-state index in [1.807, 2.05) is 36.7 Å². The van der Waals surface area contributed by atoms with Crippen LogP contribution in [0, 0.1) is 0 Å². The van der Waals surface area contributed by atoms with Crippen LogP contribution in [0.25, 0.3) is 0 Å². The highest BCUT2D eigenvalue weighted by Crippen LogP contribution is 2.34. The first-order valence-corrected chi connectivity index (χ1v) is 9.47. The number of hydrogen-bond acceptors (Lipinski definition) is 4. The Bertz CT molecular complexity index is 739. The number of para-hydroxylation sites is 2. The fraction of sp³-hybridized carbons (Fsp3) is 0.500. The number of imidazole rings is 1. The number of aryl methyl sites for hydroxylation is 1. The van der Waals surface area contributed by atoms with E-state index in [1.54, 1.807) is 0 Å². The van der Waals surface area contributed by atoms with Gasteiger partial charge in [0, 0.05) is 25.0 Å². The van der Waals surface area contributed by atoms with Crippen molar-refractivity contribution in [3.8, 4) is 5.75 Å². The maximum atomic E-state index is 12.7. The van der Waals surface area contributed by atoms with E-state index in [9.17, 15) is 4.79 Å². The van der Waals surface area contributed by atoms with Gasteiger partial charge in [-0.2, -0.15) is 0 Å². The SMILES string of the molecule is CCC(CC)NC(=O)[C@@H]1CN(Cc2nccn2CC)c2ccccc2O1. The molecule has 0 fully saturated rings. The zero-order valence-corrected chi connectivity index (χ0v) is 15.8. The molecule has 0 aliphatic carbocycles. The number of aromatic nitrogens is 2. The minimum absolute atomic E-state index is 0.0444. The highest BCUT2D eigenvalue weighted by molar-refractivity contribution is 5.83. The average molecular weight is 356 g/mol. The number of amides is 1. The molecule has 3 rings (SSSR count). The Hall–Kier alpha value is -2.50. The molecule has 2 aromatic rings. The van der Waals surface area contributed by atoms with Crippen molar-refractivity contribution in [3.05, 3.63) is 42.5 Å². The van der Waals surface area contributed by atoms with Crippen LogP contribution in [0.4, 0.5) is 5.69 Å². The first kappa shape index (κ1) is 18.3. The normalized spacial score (nSPS) is 16.3. The van der Waals surface area contributed by atoms with Crippen LogP contribution in [0.15, 0.2) is 36.7 Å². The van der Waals surface area contributed by atoms with Gasteiger partial charge in [0.25, 0.3) is 5.91 Å². The molecule has 0 spiro atoms. The second-order valence-corrected chi connectivity index (χ2v) is 6.61. The van der Waals surface area contributed by atoms with Crippen molar-refractivity contribution in [2.75, 3.05) is 11.4 Å². The molecule has 6 nitrogen and oxygen atoms in total. The van der Waals surface area contributed by atoms with Crippen molar-refractivity contribution >= 4 is 11.6 Å². The summed E-state index contributed by atoms with van der Waals surface area (Å²) in [5, 5.41) is 3.11. The molecule has 0 radical (unpaired) electrons. The van der Waals surface area contributed by atoms with Crippen LogP contribution in [0.5, 0.6) is 5.75 Å². The topological polar surface area (TPSA) is 59.4 Å². The van der Waals surface area contributed by atoms with Crippen LogP contribution in [-0.4, -0.2) is 34.1 Å². The number of hydrogen-bond donors (Lipinski definition) is 1. The molecule has 1 aliphatic rings. The van der Waals surface area contributed by atoms with Gasteiger partial charge >= 0.3 is 0 Å². The van der Waals surface area contributed by atoms with E-state index < -0.39 is 6.10 Å². The maximum Gasteiger partial charge on any atom is 0.263 e. The van der Waals surface area contributed by atoms with E-state index in [0.29, 0.717) is 13.1 Å². The monoisotopic (exact) mass is 356 g/mol. The van der Waals surface area contributed by atoms with Crippen molar-refractivity contribution in [2.45, 2.75) is 58.8 Å². The Labute approximate surface area is 155 Å². The van der Waals surface area contributed by atoms with Crippen LogP contribution in [0.1, 0.15) is 39.4 Å². The molecule has 0 saturated heterocycles. The molecule has 1 N–H and O–H groups in total. The second kappa shape index (κ2) is 8.25. The van der Waals surface area contributed by atoms with E-state index in [1.165, 1.54) is 0 Å². The van der Waals surface area contributed by atoms with E-state index in [2.05, 4.69) is 40.5 Å². The van der Waals surface area contributed by atoms with Gasteiger partial charge in [0.15, 0.2) is 6.10 Å². The smallest absolute Gasteiger partial charge is 0.263 e. The van der Waals surface area contributed by atoms with Crippen molar-refractivity contribution < 1.29 is 9.53 Å². The van der Waals surface area contributed by atoms with Gasteiger partial charge in [0.1, 0.15) is 11.6 Å². The van der Waals surface area contributed by atoms with Gasteiger partial charge in [0.2, 0.25) is 0 Å². The molecule has 1 aromatic heterocycles. The molecule has 0 saturated carbocycles. The van der Waals surface area contributed by atoms with Crippen molar-refractivity contribution in [1.29, 1.82) is 0 Å². The first-order chi connectivity index (χ1) is 12.7. The molecule has 0 bridgehead atoms. The molecule has 6 heteroatoms. The Kier molecular flexibility index (Phi) is 5.81. The third-order valence-corrected chi connectivity index (χ3v) is 4.96. The standard InChI is InChI=1S/C20H28N4O2/c1-4-15(5-2)22-20(25)18-13-24(14-19-21-11-12-23(19)6-3)16-9-7-8-10-17(16)26-18/h7-12,15,18H,4-6,13-14H2,1-3H3,(H,22,25)/t18-/m0/s1. The highest BCUT2D eigenvalue weighted by Gasteiger charge is 2.31. The van der Waals surface area contributed by atoms with Crippen molar-refractivity contribution in [1.82, 2.24) is 14.9 Å². The van der Waals surface area contributed by atoms with Crippen LogP contribution in [0.2, 0.25) is 0 Å². The van der Waals surface area contributed by atoms with Crippen molar-refractivity contribution in [2.24, 2.45) is 0 Å². The predicted molar refractivity (Wildman–Crippen MR) is 102 cm³/mol. The quantitative estimate of drug-likeness (QED) is 0.829. The Morgan fingerprint density at radius 1 is 1.31 bits per heavy atom. The maximum absolute atomic E-state index is 12.7. The lowest BCUT2D eigenvalue weighted by molar-refractivity contribution is -0.128. The molecule has 1 aromatic carbocycles. The summed E-state index contributed by atoms with van der Waals surface area (Å²) in [5.74, 6) is 1.69. The average Bonchev–Trinajstić information content (AvgIpc) is 3.12. The van der Waals surface area contributed by atoms with Crippen LogP contribution in [0.3, 0.4) is 0 Å². The summed E-state index contributed by atoms with van der Waals surface area (Å²) in [5.41, 5.74) is 1.00. The Balaban J connectivity index is 1.81. The Morgan fingerprint density at radius 2 is 2.08 bits per heavy atom. The number of fused-ring (bicyclic) bond motifs is 1. The van der Waals surface area contributed by atoms with Crippen LogP contribution >= 0.6 is 0 Å². The van der Waals surface area contributed by atoms with E-state index in [-0.39, 0.29) is 11.9 Å². The summed E-state index contributed by atoms with van der Waals surface area (Å²) in [6.07, 6.45) is 5.13. The van der Waals surface area contributed by atoms with Gasteiger partial charge in [-0.25, -0.2) is 4.98 Å². The van der Waals surface area contributed by atoms with Crippen LogP contribution in [-0.2, 0) is 17.9 Å². The number of carbonyl (C=O) groups is 1. The minimum atomic E-state index is -0.518. The van der Waals surface area contributed by atoms with E-state index in [4.69, 9.17) is 4.74 Å². The number of nitrogens with one attached hydrogen (secondary N) is 1. The predicted octanol–water partition coefficient (Wildman–Crippen LogP) is 2.98. The highest BCUT2D eigenvalue weighted by atomic mass is 16.5. The number of benzene rings is 1. The van der Waals surface area contributed by atoms with Gasteiger partial charge in [0.05, 0.1) is 18.8 Å². The fourth-order valence-corrected chi connectivity index (χ4v) is 3.33. The van der Waals surface area contributed by atoms with Crippen molar-refractivity contribution in [3.63, 3.8) is 0 Å². The summed E-state index contributed by atoms with van der Waals surface area (Å²) >= 11 is 0. The summed E-state index contributed by atoms with van der Waals surface area (Å²) < 4.78 is 8.13. The molecule has 1 amide bonds. The number of anilines is 1. The van der Waals surface area contributed by atoms with Gasteiger partial charge in [-0.15, -0.1) is 0 Å².